The van der Waals surface area contributed by atoms with Gasteiger partial charge in [0, 0.05) is 10.4 Å². The van der Waals surface area contributed by atoms with Crippen molar-refractivity contribution in [1.29, 1.82) is 0 Å². The zero-order chi connectivity index (χ0) is 19.6. The molecule has 4 aromatic rings. The number of ketones is 2. The Balaban J connectivity index is 0.000000162. The molecule has 28 heavy (non-hydrogen) atoms. The molecule has 2 heterocycles. The van der Waals surface area contributed by atoms with Crippen molar-refractivity contribution < 1.29 is 9.59 Å². The molecule has 0 radical (unpaired) electrons. The van der Waals surface area contributed by atoms with Gasteiger partial charge in [0.1, 0.15) is 0 Å². The molecule has 0 bridgehead atoms. The number of hydrogen-bond acceptors (Lipinski definition) is 4. The van der Waals surface area contributed by atoms with Crippen LogP contribution in [0.4, 0.5) is 0 Å². The van der Waals surface area contributed by atoms with Gasteiger partial charge in [-0.1, -0.05) is 78.9 Å². The molecule has 2 aromatic heterocycles. The maximum absolute atomic E-state index is 11.7. The van der Waals surface area contributed by atoms with E-state index < -0.39 is 11.6 Å². The van der Waals surface area contributed by atoms with E-state index in [1.165, 1.54) is 21.8 Å². The van der Waals surface area contributed by atoms with E-state index in [0.29, 0.717) is 10.4 Å². The third-order valence-corrected chi connectivity index (χ3v) is 5.48. The van der Waals surface area contributed by atoms with Crippen LogP contribution in [0.1, 0.15) is 30.5 Å². The predicted octanol–water partition coefficient (Wildman–Crippen LogP) is 6.73. The first-order valence-electron chi connectivity index (χ1n) is 8.68. The molecule has 0 spiro atoms. The molecule has 0 saturated heterocycles. The fourth-order valence-electron chi connectivity index (χ4n) is 2.37. The van der Waals surface area contributed by atoms with Crippen LogP contribution in [-0.2, 0) is 0 Å². The Labute approximate surface area is 172 Å². The second-order valence-electron chi connectivity index (χ2n) is 5.76. The molecule has 0 fully saturated rings. The number of rotatable bonds is 5. The first kappa shape index (κ1) is 19.7. The summed E-state index contributed by atoms with van der Waals surface area (Å²) < 4.78 is 0. The van der Waals surface area contributed by atoms with Crippen LogP contribution >= 0.6 is 22.7 Å². The Morgan fingerprint density at radius 2 is 1.25 bits per heavy atom. The van der Waals surface area contributed by atoms with E-state index >= 15 is 0 Å². The summed E-state index contributed by atoms with van der Waals surface area (Å²) in [6.07, 6.45) is 4.27. The molecule has 0 amide bonds. The van der Waals surface area contributed by atoms with Crippen molar-refractivity contribution in [3.63, 3.8) is 0 Å². The summed E-state index contributed by atoms with van der Waals surface area (Å²) in [5, 5.41) is 3.87. The molecule has 0 atom stereocenters. The van der Waals surface area contributed by atoms with Crippen LogP contribution in [0.25, 0.3) is 12.2 Å². The van der Waals surface area contributed by atoms with Crippen LogP contribution in [0.3, 0.4) is 0 Å². The molecule has 0 aliphatic heterocycles. The van der Waals surface area contributed by atoms with Gasteiger partial charge in [0.25, 0.3) is 0 Å². The second kappa shape index (κ2) is 10.3. The smallest absolute Gasteiger partial charge is 0.243 e. The number of carbonyl (C=O) groups is 2. The van der Waals surface area contributed by atoms with Crippen LogP contribution in [0.15, 0.2) is 95.7 Å². The average Bonchev–Trinajstić information content (AvgIpc) is 3.47. The third-order valence-electron chi connectivity index (χ3n) is 3.77. The zero-order valence-electron chi connectivity index (χ0n) is 15.0. The van der Waals surface area contributed by atoms with Crippen molar-refractivity contribution in [3.05, 3.63) is 117 Å². The van der Waals surface area contributed by atoms with Gasteiger partial charge in [-0.2, -0.15) is 0 Å². The second-order valence-corrected chi connectivity index (χ2v) is 7.69. The van der Waals surface area contributed by atoms with E-state index in [1.54, 1.807) is 53.1 Å². The summed E-state index contributed by atoms with van der Waals surface area (Å²) >= 11 is 3.04. The van der Waals surface area contributed by atoms with Crippen LogP contribution in [-0.4, -0.2) is 11.6 Å². The van der Waals surface area contributed by atoms with Crippen molar-refractivity contribution in [2.45, 2.75) is 0 Å². The van der Waals surface area contributed by atoms with Crippen molar-refractivity contribution >= 4 is 46.4 Å². The van der Waals surface area contributed by atoms with Crippen LogP contribution < -0.4 is 0 Å². The van der Waals surface area contributed by atoms with Crippen molar-refractivity contribution in [2.75, 3.05) is 0 Å². The van der Waals surface area contributed by atoms with Gasteiger partial charge < -0.3 is 0 Å². The molecule has 0 N–H and O–H groups in total. The van der Waals surface area contributed by atoms with E-state index in [-0.39, 0.29) is 0 Å². The van der Waals surface area contributed by atoms with Crippen LogP contribution in [0.5, 0.6) is 0 Å². The van der Waals surface area contributed by atoms with E-state index in [1.807, 2.05) is 24.3 Å². The Morgan fingerprint density at radius 3 is 1.86 bits per heavy atom. The van der Waals surface area contributed by atoms with E-state index in [9.17, 15) is 9.59 Å². The maximum atomic E-state index is 11.7. The first-order valence-corrected chi connectivity index (χ1v) is 10.4. The molecule has 0 unspecified atom stereocenters. The zero-order valence-corrected chi connectivity index (χ0v) is 16.7. The standard InChI is InChI=1S/C12H8O2S.C12H10S/c13-11(9-5-2-1-3-6-9)12(14)10-7-4-8-15-10;1-2-5-11(6-3-1)8-9-12-7-4-10-13-12/h1-8H;1-10H/b;9-8+. The van der Waals surface area contributed by atoms with Gasteiger partial charge in [0.15, 0.2) is 0 Å². The highest BCUT2D eigenvalue weighted by molar-refractivity contribution is 7.13. The fourth-order valence-corrected chi connectivity index (χ4v) is 3.65. The maximum Gasteiger partial charge on any atom is 0.243 e. The number of thiophene rings is 2. The molecule has 4 heteroatoms. The minimum absolute atomic E-state index is 0.434. The largest absolute Gasteiger partial charge is 0.285 e. The van der Waals surface area contributed by atoms with Crippen LogP contribution in [0.2, 0.25) is 0 Å². The molecule has 2 aromatic carbocycles. The highest BCUT2D eigenvalue weighted by Crippen LogP contribution is 2.13. The molecule has 0 aliphatic carbocycles. The highest BCUT2D eigenvalue weighted by Gasteiger charge is 2.18. The summed E-state index contributed by atoms with van der Waals surface area (Å²) in [5.74, 6) is -0.880. The molecule has 138 valence electrons. The first-order chi connectivity index (χ1) is 13.7. The van der Waals surface area contributed by atoms with Crippen molar-refractivity contribution in [3.8, 4) is 0 Å². The molecule has 0 aliphatic rings. The van der Waals surface area contributed by atoms with Gasteiger partial charge in [0.2, 0.25) is 11.6 Å². The number of carbonyl (C=O) groups excluding carboxylic acids is 2. The van der Waals surface area contributed by atoms with E-state index in [2.05, 4.69) is 41.8 Å². The third kappa shape index (κ3) is 5.71. The lowest BCUT2D eigenvalue weighted by atomic mass is 10.1. The lowest BCUT2D eigenvalue weighted by Crippen LogP contribution is -2.12. The monoisotopic (exact) mass is 402 g/mol. The Morgan fingerprint density at radius 1 is 0.607 bits per heavy atom. The number of hydrogen-bond donors (Lipinski definition) is 0. The van der Waals surface area contributed by atoms with Crippen molar-refractivity contribution in [1.82, 2.24) is 0 Å². The Kier molecular flexibility index (Phi) is 7.24. The summed E-state index contributed by atoms with van der Waals surface area (Å²) in [5.41, 5.74) is 1.69. The summed E-state index contributed by atoms with van der Waals surface area (Å²) in [7, 11) is 0. The van der Waals surface area contributed by atoms with Gasteiger partial charge in [-0.15, -0.1) is 22.7 Å². The van der Waals surface area contributed by atoms with Crippen molar-refractivity contribution in [2.24, 2.45) is 0 Å². The van der Waals surface area contributed by atoms with Crippen LogP contribution in [0, 0.1) is 0 Å². The molecule has 2 nitrogen and oxygen atoms in total. The molecule has 0 saturated carbocycles. The highest BCUT2D eigenvalue weighted by atomic mass is 32.1. The van der Waals surface area contributed by atoms with Gasteiger partial charge >= 0.3 is 0 Å². The average molecular weight is 403 g/mol. The van der Waals surface area contributed by atoms with E-state index in [4.69, 9.17) is 0 Å². The summed E-state index contributed by atoms with van der Waals surface area (Å²) in [4.78, 5) is 25.2. The lowest BCUT2D eigenvalue weighted by Gasteiger charge is -1.96. The Bertz CT molecular complexity index is 1020. The minimum Gasteiger partial charge on any atom is -0.285 e. The lowest BCUT2D eigenvalue weighted by molar-refractivity contribution is 0.0819. The van der Waals surface area contributed by atoms with Gasteiger partial charge in [-0.05, 0) is 34.5 Å². The Hall–Kier alpha value is -3.08. The molecule has 4 rings (SSSR count). The summed E-state index contributed by atoms with van der Waals surface area (Å²) in [6, 6.07) is 26.5. The number of benzene rings is 2. The van der Waals surface area contributed by atoms with Gasteiger partial charge in [-0.3, -0.25) is 9.59 Å². The fraction of sp³-hybridized carbons (Fsp3) is 0. The topological polar surface area (TPSA) is 34.1 Å². The molecular formula is C24H18O2S2. The van der Waals surface area contributed by atoms with Gasteiger partial charge in [0.05, 0.1) is 4.88 Å². The summed E-state index contributed by atoms with van der Waals surface area (Å²) in [6.45, 7) is 0. The molecular weight excluding hydrogens is 384 g/mol. The quantitative estimate of drug-likeness (QED) is 0.274. The van der Waals surface area contributed by atoms with Gasteiger partial charge in [-0.25, -0.2) is 0 Å². The normalized spacial score (nSPS) is 10.3. The van der Waals surface area contributed by atoms with E-state index in [0.717, 1.165) is 0 Å². The SMILES string of the molecule is C(=C\c1cccs1)/c1ccccc1.O=C(C(=O)c1cccs1)c1ccccc1. The predicted molar refractivity (Wildman–Crippen MR) is 119 cm³/mol. The number of Topliss-reactive ketones (excluding diaryl/α,β-unsaturated/α-hetero) is 2. The minimum atomic E-state index is -0.446.